The second kappa shape index (κ2) is 6.21. The quantitative estimate of drug-likeness (QED) is 0.752. The third kappa shape index (κ3) is 5.04. The highest BCUT2D eigenvalue weighted by molar-refractivity contribution is 6.33. The van der Waals surface area contributed by atoms with E-state index in [2.05, 4.69) is 38.2 Å². The Morgan fingerprint density at radius 1 is 1.53 bits per heavy atom. The second-order valence-electron chi connectivity index (χ2n) is 5.74. The monoisotopic (exact) mass is 285 g/mol. The fourth-order valence-electron chi connectivity index (χ4n) is 2.02. The van der Waals surface area contributed by atoms with Gasteiger partial charge in [-0.25, -0.2) is 4.98 Å². The van der Waals surface area contributed by atoms with Gasteiger partial charge in [-0.15, -0.1) is 0 Å². The molecule has 0 bridgehead atoms. The first kappa shape index (κ1) is 15.7. The number of carboxylic acid groups (broad SMARTS) is 1. The Bertz CT molecular complexity index is 461. The maximum atomic E-state index is 10.7. The molecule has 0 spiro atoms. The number of anilines is 1. The van der Waals surface area contributed by atoms with Crippen LogP contribution >= 0.6 is 11.6 Å². The van der Waals surface area contributed by atoms with Gasteiger partial charge in [0.2, 0.25) is 0 Å². The molecule has 0 saturated carbocycles. The zero-order chi connectivity index (χ0) is 14.6. The number of rotatable bonds is 6. The lowest BCUT2D eigenvalue weighted by molar-refractivity contribution is -0.865. The summed E-state index contributed by atoms with van der Waals surface area (Å²) >= 11 is 5.99. The number of aromatic nitrogens is 1. The van der Waals surface area contributed by atoms with E-state index >= 15 is 0 Å². The molecule has 0 aliphatic heterocycles. The number of pyridine rings is 1. The summed E-state index contributed by atoms with van der Waals surface area (Å²) in [6.45, 7) is 6.00. The molecular weight excluding hydrogens is 266 g/mol. The van der Waals surface area contributed by atoms with Gasteiger partial charge >= 0.3 is 0 Å². The number of aromatic carboxylic acids is 1. The molecule has 0 atom stereocenters. The average molecular weight is 286 g/mol. The Balaban J connectivity index is 2.71. The standard InChI is InChI=1S/C13H20ClN3O2/c1-13(2,8-17(3)4)7-16-11-10(14)5-9(6-15-11)12(18)19/h5-6H,7-8H2,1-4H3,(H,15,16)(H,18,19). The molecule has 0 aromatic carbocycles. The number of quaternary nitrogens is 1. The van der Waals surface area contributed by atoms with Crippen LogP contribution in [-0.2, 0) is 0 Å². The number of carbonyl (C=O) groups excluding carboxylic acids is 1. The molecule has 106 valence electrons. The summed E-state index contributed by atoms with van der Waals surface area (Å²) in [4.78, 5) is 16.0. The zero-order valence-electron chi connectivity index (χ0n) is 11.7. The molecule has 0 fully saturated rings. The van der Waals surface area contributed by atoms with Gasteiger partial charge in [-0.2, -0.15) is 0 Å². The Morgan fingerprint density at radius 2 is 2.16 bits per heavy atom. The normalized spacial score (nSPS) is 11.7. The number of hydrogen-bond donors (Lipinski definition) is 2. The summed E-state index contributed by atoms with van der Waals surface area (Å²) < 4.78 is 0. The fraction of sp³-hybridized carbons (Fsp3) is 0.538. The molecule has 5 nitrogen and oxygen atoms in total. The number of halogens is 1. The van der Waals surface area contributed by atoms with E-state index in [1.54, 1.807) is 0 Å². The molecular formula is C13H20ClN3O2. The molecule has 1 aromatic heterocycles. The smallest absolute Gasteiger partial charge is 0.144 e. The van der Waals surface area contributed by atoms with Crippen molar-refractivity contribution in [2.75, 3.05) is 32.5 Å². The van der Waals surface area contributed by atoms with Crippen molar-refractivity contribution in [2.45, 2.75) is 13.8 Å². The largest absolute Gasteiger partial charge is 0.545 e. The van der Waals surface area contributed by atoms with Gasteiger partial charge in [-0.05, 0) is 6.07 Å². The predicted octanol–water partition coefficient (Wildman–Crippen LogP) is -0.319. The van der Waals surface area contributed by atoms with Gasteiger partial charge in [0, 0.05) is 23.7 Å². The summed E-state index contributed by atoms with van der Waals surface area (Å²) in [7, 11) is 4.20. The van der Waals surface area contributed by atoms with Gasteiger partial charge in [0.25, 0.3) is 0 Å². The molecule has 1 aromatic rings. The maximum Gasteiger partial charge on any atom is 0.144 e. The van der Waals surface area contributed by atoms with E-state index in [0.29, 0.717) is 12.4 Å². The van der Waals surface area contributed by atoms with E-state index < -0.39 is 5.97 Å². The predicted molar refractivity (Wildman–Crippen MR) is 73.5 cm³/mol. The van der Waals surface area contributed by atoms with Gasteiger partial charge in [0.1, 0.15) is 5.82 Å². The van der Waals surface area contributed by atoms with Crippen molar-refractivity contribution in [3.63, 3.8) is 0 Å². The molecule has 0 radical (unpaired) electrons. The highest BCUT2D eigenvalue weighted by atomic mass is 35.5. The van der Waals surface area contributed by atoms with Gasteiger partial charge in [0.05, 0.1) is 31.6 Å². The zero-order valence-corrected chi connectivity index (χ0v) is 12.5. The first-order chi connectivity index (χ1) is 8.71. The minimum atomic E-state index is -1.28. The third-order valence-corrected chi connectivity index (χ3v) is 2.93. The molecule has 0 unspecified atom stereocenters. The summed E-state index contributed by atoms with van der Waals surface area (Å²) in [6, 6.07) is 1.34. The Kier molecular flexibility index (Phi) is 5.14. The molecule has 2 N–H and O–H groups in total. The number of carbonyl (C=O) groups is 1. The summed E-state index contributed by atoms with van der Waals surface area (Å²) in [5.74, 6) is -0.786. The SMILES string of the molecule is C[NH+](C)CC(C)(C)CNc1ncc(C(=O)[O-])cc1Cl. The van der Waals surface area contributed by atoms with E-state index in [4.69, 9.17) is 11.6 Å². The average Bonchev–Trinajstić information content (AvgIpc) is 2.25. The van der Waals surface area contributed by atoms with Crippen LogP contribution < -0.4 is 15.3 Å². The van der Waals surface area contributed by atoms with Crippen LogP contribution in [0.5, 0.6) is 0 Å². The Labute approximate surface area is 118 Å². The number of hydrogen-bond acceptors (Lipinski definition) is 4. The van der Waals surface area contributed by atoms with Gasteiger partial charge in [-0.3, -0.25) is 0 Å². The summed E-state index contributed by atoms with van der Waals surface area (Å²) in [5, 5.41) is 14.1. The van der Waals surface area contributed by atoms with Crippen LogP contribution in [0.2, 0.25) is 5.02 Å². The van der Waals surface area contributed by atoms with E-state index in [1.807, 2.05) is 0 Å². The molecule has 1 rings (SSSR count). The molecule has 1 heterocycles. The lowest BCUT2D eigenvalue weighted by Gasteiger charge is -2.26. The van der Waals surface area contributed by atoms with Crippen LogP contribution in [0.1, 0.15) is 24.2 Å². The Morgan fingerprint density at radius 3 is 2.63 bits per heavy atom. The van der Waals surface area contributed by atoms with Gasteiger partial charge in [-0.1, -0.05) is 25.4 Å². The van der Waals surface area contributed by atoms with Gasteiger partial charge in [0.15, 0.2) is 0 Å². The van der Waals surface area contributed by atoms with E-state index in [1.165, 1.54) is 17.2 Å². The molecule has 19 heavy (non-hydrogen) atoms. The Hall–Kier alpha value is -1.33. The highest BCUT2D eigenvalue weighted by Gasteiger charge is 2.21. The second-order valence-corrected chi connectivity index (χ2v) is 6.15. The van der Waals surface area contributed by atoms with Crippen LogP contribution in [0.3, 0.4) is 0 Å². The molecule has 6 heteroatoms. The number of nitrogens with zero attached hydrogens (tertiary/aromatic N) is 1. The van der Waals surface area contributed by atoms with Crippen molar-refractivity contribution in [2.24, 2.45) is 5.41 Å². The van der Waals surface area contributed by atoms with Crippen LogP contribution in [0, 0.1) is 5.41 Å². The summed E-state index contributed by atoms with van der Waals surface area (Å²) in [5.41, 5.74) is 0.0594. The van der Waals surface area contributed by atoms with Crippen LogP contribution in [-0.4, -0.2) is 38.1 Å². The highest BCUT2D eigenvalue weighted by Crippen LogP contribution is 2.22. The molecule has 0 aliphatic rings. The van der Waals surface area contributed by atoms with Gasteiger partial charge < -0.3 is 20.1 Å². The van der Waals surface area contributed by atoms with E-state index in [9.17, 15) is 9.90 Å². The van der Waals surface area contributed by atoms with Crippen molar-refractivity contribution in [1.82, 2.24) is 4.98 Å². The van der Waals surface area contributed by atoms with Crippen molar-refractivity contribution in [3.8, 4) is 0 Å². The molecule has 0 saturated heterocycles. The lowest BCUT2D eigenvalue weighted by atomic mass is 9.93. The van der Waals surface area contributed by atoms with Crippen molar-refractivity contribution in [1.29, 1.82) is 0 Å². The third-order valence-electron chi connectivity index (χ3n) is 2.64. The molecule has 0 aliphatic carbocycles. The first-order valence-electron chi connectivity index (χ1n) is 6.11. The van der Waals surface area contributed by atoms with Crippen molar-refractivity contribution in [3.05, 3.63) is 22.8 Å². The van der Waals surface area contributed by atoms with Crippen molar-refractivity contribution < 1.29 is 14.8 Å². The van der Waals surface area contributed by atoms with E-state index in [-0.39, 0.29) is 16.0 Å². The minimum absolute atomic E-state index is 0.0208. The van der Waals surface area contributed by atoms with E-state index in [0.717, 1.165) is 6.54 Å². The first-order valence-corrected chi connectivity index (χ1v) is 6.49. The number of nitrogens with one attached hydrogen (secondary N) is 2. The van der Waals surface area contributed by atoms with Crippen LogP contribution in [0.25, 0.3) is 0 Å². The maximum absolute atomic E-state index is 10.7. The fourth-order valence-corrected chi connectivity index (χ4v) is 2.26. The van der Waals surface area contributed by atoms with Crippen molar-refractivity contribution >= 4 is 23.4 Å². The van der Waals surface area contributed by atoms with Crippen LogP contribution in [0.4, 0.5) is 5.82 Å². The van der Waals surface area contributed by atoms with Crippen LogP contribution in [0.15, 0.2) is 12.3 Å². The topological polar surface area (TPSA) is 69.5 Å². The minimum Gasteiger partial charge on any atom is -0.545 e. The number of carboxylic acids is 1. The molecule has 0 amide bonds. The summed E-state index contributed by atoms with van der Waals surface area (Å²) in [6.07, 6.45) is 1.24. The lowest BCUT2D eigenvalue weighted by Crippen LogP contribution is -3.07.